The van der Waals surface area contributed by atoms with E-state index in [0.717, 1.165) is 44.9 Å². The van der Waals surface area contributed by atoms with E-state index in [2.05, 4.69) is 42.5 Å². The van der Waals surface area contributed by atoms with E-state index in [1.807, 2.05) is 128 Å². The van der Waals surface area contributed by atoms with Crippen molar-refractivity contribution in [2.45, 2.75) is 152 Å². The van der Waals surface area contributed by atoms with Gasteiger partial charge in [-0.1, -0.05) is 125 Å². The number of thiocarbonyl (C=S) groups is 2. The summed E-state index contributed by atoms with van der Waals surface area (Å²) in [5.41, 5.74) is 4.45. The monoisotopic (exact) mass is 1140 g/mol. The molecule has 16 nitrogen and oxygen atoms in total. The van der Waals surface area contributed by atoms with Crippen molar-refractivity contribution in [1.82, 2.24) is 52.3 Å². The molecule has 0 bridgehead atoms. The molecule has 0 aromatic heterocycles. The Bertz CT molecular complexity index is 2630. The van der Waals surface area contributed by atoms with Gasteiger partial charge in [0, 0.05) is 13.1 Å². The van der Waals surface area contributed by atoms with Gasteiger partial charge in [0.25, 0.3) is 0 Å². The van der Waals surface area contributed by atoms with E-state index in [1.165, 1.54) is 0 Å². The van der Waals surface area contributed by atoms with Crippen LogP contribution in [0, 0.1) is 22.7 Å². The molecule has 20 heteroatoms. The molecule has 4 fully saturated rings. The van der Waals surface area contributed by atoms with Crippen LogP contribution in [0.5, 0.6) is 0 Å². The Balaban J connectivity index is 0.823. The Morgan fingerprint density at radius 3 is 1.32 bits per heavy atom. The number of hydrogen-bond donors (Lipinski definition) is 8. The van der Waals surface area contributed by atoms with Gasteiger partial charge in [0.05, 0.1) is 56.7 Å². The van der Waals surface area contributed by atoms with Crippen molar-refractivity contribution < 1.29 is 28.8 Å². The lowest BCUT2D eigenvalue weighted by molar-refractivity contribution is -0.143. The maximum atomic E-state index is 14.7. The highest BCUT2D eigenvalue weighted by Gasteiger charge is 2.57. The summed E-state index contributed by atoms with van der Waals surface area (Å²) in [5.74, 6) is -0.864. The number of fused-ring (bicyclic) bond motifs is 4. The molecule has 6 aliphatic rings. The third kappa shape index (κ3) is 11.9. The maximum Gasteiger partial charge on any atom is 0.246 e. The van der Waals surface area contributed by atoms with Crippen molar-refractivity contribution in [3.05, 3.63) is 106 Å². The van der Waals surface area contributed by atoms with Gasteiger partial charge >= 0.3 is 0 Å². The Labute approximate surface area is 478 Å². The number of benzene rings is 3. The van der Waals surface area contributed by atoms with Crippen LogP contribution in [0.4, 0.5) is 0 Å². The van der Waals surface area contributed by atoms with Crippen LogP contribution in [0.1, 0.15) is 113 Å². The first-order valence-corrected chi connectivity index (χ1v) is 30.3. The van der Waals surface area contributed by atoms with Crippen LogP contribution in [0.3, 0.4) is 0 Å². The molecule has 0 unspecified atom stereocenters. The largest absolute Gasteiger partial charge is 0.367 e. The highest BCUT2D eigenvalue weighted by molar-refractivity contribution is 8.00. The average Bonchev–Trinajstić information content (AvgIpc) is 4.19. The second-order valence-corrected chi connectivity index (χ2v) is 26.7. The predicted molar refractivity (Wildman–Crippen MR) is 315 cm³/mol. The summed E-state index contributed by atoms with van der Waals surface area (Å²) in [6, 6.07) is 19.3. The van der Waals surface area contributed by atoms with Crippen molar-refractivity contribution in [2.75, 3.05) is 25.6 Å². The number of hydrogen-bond acceptors (Lipinski definition) is 12. The van der Waals surface area contributed by atoms with Gasteiger partial charge in [-0.05, 0) is 122 Å². The lowest BCUT2D eigenvalue weighted by Gasteiger charge is -2.35. The van der Waals surface area contributed by atoms with Gasteiger partial charge in [-0.2, -0.15) is 0 Å². The van der Waals surface area contributed by atoms with Crippen molar-refractivity contribution in [3.63, 3.8) is 0 Å². The minimum Gasteiger partial charge on any atom is -0.367 e. The Morgan fingerprint density at radius 2 is 0.949 bits per heavy atom. The molecular weight excluding hydrogens is 1060 g/mol. The smallest absolute Gasteiger partial charge is 0.246 e. The zero-order valence-corrected chi connectivity index (χ0v) is 49.2. The number of thioether (sulfide) groups is 2. The van der Waals surface area contributed by atoms with Gasteiger partial charge in [0.2, 0.25) is 35.4 Å². The van der Waals surface area contributed by atoms with Crippen LogP contribution in [0.2, 0.25) is 0 Å². The molecular formula is C58H76N10O6S4. The van der Waals surface area contributed by atoms with E-state index in [0.29, 0.717) is 48.5 Å². The molecule has 3 aromatic rings. The SMILES string of the molecule is CN[C@@H](C)C(=S)N[C@H]1CCS[C@H]2CC(C)(C)[C@@H](C(=O)N[C@H]3c4ccccc4C[C@H]3C(=O)NCc3ccc(CNC(=O)[C@@H]4Cc5ccccc5[C@@H]4NC(=O)[C@H]4N5C(=O)[C@@H](NC(=S)[C@H](C)NC)CCS[C@H]5CC4(C)C)cc3)N2C1=O. The van der Waals surface area contributed by atoms with Gasteiger partial charge in [-0.3, -0.25) is 28.8 Å². The van der Waals surface area contributed by atoms with Gasteiger partial charge in [0.1, 0.15) is 24.2 Å². The number of carbonyl (C=O) groups is 6. The minimum atomic E-state index is -0.749. The van der Waals surface area contributed by atoms with Crippen LogP contribution in [-0.2, 0) is 54.7 Å². The van der Waals surface area contributed by atoms with E-state index in [1.54, 1.807) is 33.3 Å². The van der Waals surface area contributed by atoms with Crippen molar-refractivity contribution >= 4 is 93.4 Å². The fraction of sp³-hybridized carbons (Fsp3) is 0.552. The second kappa shape index (κ2) is 23.9. The standard InChI is InChI=1S/C58H76N10O6S4/c1-31(59-7)53(75)63-41-21-23-77-43-27-57(3,4)47(67(43)55(41)73)51(71)65-45-37-15-11-9-13-35(37)25-39(45)49(69)61-29-33-17-19-34(20-18-33)30-62-50(70)40-26-36-14-10-12-16-38(36)46(40)66-52(72)48-58(5,6)28-44-68(48)56(74)42(22-24-78-44)64-54(76)32(2)60-8/h9-20,31-32,39-48,59-60H,21-30H2,1-8H3,(H,61,69)(H,62,70)(H,63,75)(H,64,76)(H,65,71)(H,66,72)/t31-,32-,39+,40+,41-,42-,43-,44-,45-,46-,47+,48+/m0/s1. The summed E-state index contributed by atoms with van der Waals surface area (Å²) >= 11 is 14.7. The van der Waals surface area contributed by atoms with E-state index >= 15 is 0 Å². The molecule has 4 aliphatic heterocycles. The van der Waals surface area contributed by atoms with Crippen LogP contribution in [0.15, 0.2) is 72.8 Å². The van der Waals surface area contributed by atoms with Crippen molar-refractivity contribution in [2.24, 2.45) is 22.7 Å². The molecule has 78 heavy (non-hydrogen) atoms. The van der Waals surface area contributed by atoms with Crippen LogP contribution >= 0.6 is 48.0 Å². The third-order valence-corrected chi connectivity index (χ3v) is 20.5. The summed E-state index contributed by atoms with van der Waals surface area (Å²) in [7, 11) is 3.64. The lowest BCUT2D eigenvalue weighted by Crippen LogP contribution is -2.58. The first-order valence-electron chi connectivity index (χ1n) is 27.4. The Morgan fingerprint density at radius 1 is 0.577 bits per heavy atom. The molecule has 0 saturated carbocycles. The minimum absolute atomic E-state index is 0.117. The van der Waals surface area contributed by atoms with E-state index < -0.39 is 58.9 Å². The highest BCUT2D eigenvalue weighted by atomic mass is 32.2. The Hall–Kier alpha value is -5.12. The summed E-state index contributed by atoms with van der Waals surface area (Å²) in [6.45, 7) is 12.5. The predicted octanol–water partition coefficient (Wildman–Crippen LogP) is 4.95. The fourth-order valence-corrected chi connectivity index (χ4v) is 16.1. The molecule has 6 amide bonds. The maximum absolute atomic E-state index is 14.7. The summed E-state index contributed by atoms with van der Waals surface area (Å²) < 4.78 is 0. The number of amides is 6. The highest BCUT2D eigenvalue weighted by Crippen LogP contribution is 2.49. The topological polar surface area (TPSA) is 205 Å². The van der Waals surface area contributed by atoms with Gasteiger partial charge in [-0.15, -0.1) is 23.5 Å². The van der Waals surface area contributed by atoms with Gasteiger partial charge in [-0.25, -0.2) is 0 Å². The van der Waals surface area contributed by atoms with Gasteiger partial charge < -0.3 is 52.3 Å². The van der Waals surface area contributed by atoms with E-state index in [9.17, 15) is 28.8 Å². The Kier molecular flexibility index (Phi) is 17.6. The zero-order valence-electron chi connectivity index (χ0n) is 45.9. The molecule has 0 radical (unpaired) electrons. The normalized spacial score (nSPS) is 28.4. The first kappa shape index (κ1) is 57.6. The number of likely N-dealkylation sites (N-methyl/N-ethyl adjacent to an activating group) is 2. The van der Waals surface area contributed by atoms with Crippen LogP contribution in [-0.4, -0.2) is 128 Å². The van der Waals surface area contributed by atoms with Gasteiger partial charge in [0.15, 0.2) is 0 Å². The lowest BCUT2D eigenvalue weighted by atomic mass is 9.83. The molecule has 2 aliphatic carbocycles. The molecule has 418 valence electrons. The number of carbonyl (C=O) groups excluding carboxylic acids is 6. The number of nitrogens with one attached hydrogen (secondary N) is 8. The molecule has 8 N–H and O–H groups in total. The molecule has 0 spiro atoms. The number of nitrogens with zero attached hydrogens (tertiary/aromatic N) is 2. The summed E-state index contributed by atoms with van der Waals surface area (Å²) in [6.07, 6.45) is 3.41. The molecule has 4 heterocycles. The van der Waals surface area contributed by atoms with Crippen molar-refractivity contribution in [3.8, 4) is 0 Å². The summed E-state index contributed by atoms with van der Waals surface area (Å²) in [4.78, 5) is 91.3. The quantitative estimate of drug-likeness (QED) is 0.0896. The molecule has 9 rings (SSSR count). The number of rotatable bonds is 16. The fourth-order valence-electron chi connectivity index (χ4n) is 12.5. The third-order valence-electron chi connectivity index (χ3n) is 17.1. The molecule has 12 atom stereocenters. The first-order chi connectivity index (χ1) is 37.2. The second-order valence-electron chi connectivity index (χ2n) is 23.3. The van der Waals surface area contributed by atoms with E-state index in [-0.39, 0.29) is 71.4 Å². The molecule has 4 saturated heterocycles. The van der Waals surface area contributed by atoms with Crippen molar-refractivity contribution in [1.29, 1.82) is 0 Å². The summed E-state index contributed by atoms with van der Waals surface area (Å²) in [5, 5.41) is 25.4. The van der Waals surface area contributed by atoms with E-state index in [4.69, 9.17) is 24.4 Å². The zero-order chi connectivity index (χ0) is 55.8. The average molecular weight is 1140 g/mol. The van der Waals surface area contributed by atoms with Crippen LogP contribution in [0.25, 0.3) is 0 Å². The van der Waals surface area contributed by atoms with Crippen LogP contribution < -0.4 is 42.5 Å². The molecule has 3 aromatic carbocycles.